The molecule has 2 aromatic heterocycles. The number of hydrogen-bond acceptors (Lipinski definition) is 7. The van der Waals surface area contributed by atoms with Gasteiger partial charge >= 0.3 is 0 Å². The third kappa shape index (κ3) is 4.58. The summed E-state index contributed by atoms with van der Waals surface area (Å²) in [6, 6.07) is 16.2. The van der Waals surface area contributed by atoms with Crippen molar-refractivity contribution in [2.24, 2.45) is 0 Å². The molecular weight excluding hydrogens is 390 g/mol. The van der Waals surface area contributed by atoms with E-state index >= 15 is 0 Å². The third-order valence-electron chi connectivity index (χ3n) is 4.05. The van der Waals surface area contributed by atoms with Gasteiger partial charge in [0.2, 0.25) is 5.16 Å². The first-order valence-electron chi connectivity index (χ1n) is 8.78. The highest BCUT2D eigenvalue weighted by atomic mass is 32.2. The van der Waals surface area contributed by atoms with Crippen LogP contribution in [-0.2, 0) is 12.4 Å². The van der Waals surface area contributed by atoms with Crippen LogP contribution in [0.1, 0.15) is 21.8 Å². The van der Waals surface area contributed by atoms with Gasteiger partial charge in [-0.15, -0.1) is 16.4 Å². The van der Waals surface area contributed by atoms with Crippen LogP contribution >= 0.6 is 23.1 Å². The predicted octanol–water partition coefficient (Wildman–Crippen LogP) is 4.61. The number of nitrogens with zero attached hydrogens (tertiary/aromatic N) is 5. The first kappa shape index (κ1) is 18.6. The van der Waals surface area contributed by atoms with Crippen LogP contribution in [0.3, 0.4) is 0 Å². The van der Waals surface area contributed by atoms with Gasteiger partial charge in [0.05, 0.1) is 11.4 Å². The molecule has 2 heterocycles. The van der Waals surface area contributed by atoms with Gasteiger partial charge in [-0.05, 0) is 48.5 Å². The molecular formula is C20H19N5OS2. The molecule has 0 spiro atoms. The van der Waals surface area contributed by atoms with E-state index in [1.54, 1.807) is 27.8 Å². The number of thioether (sulfide) groups is 1. The van der Waals surface area contributed by atoms with Gasteiger partial charge < -0.3 is 4.74 Å². The van der Waals surface area contributed by atoms with Crippen molar-refractivity contribution in [1.82, 2.24) is 25.2 Å². The number of hydrogen-bond donors (Lipinski definition) is 0. The number of rotatable bonds is 7. The summed E-state index contributed by atoms with van der Waals surface area (Å²) in [6.45, 7) is 4.59. The zero-order valence-electron chi connectivity index (χ0n) is 15.6. The van der Waals surface area contributed by atoms with Crippen molar-refractivity contribution in [2.75, 3.05) is 0 Å². The van der Waals surface area contributed by atoms with Gasteiger partial charge in [0, 0.05) is 11.1 Å². The average molecular weight is 410 g/mol. The Morgan fingerprint density at radius 2 is 1.71 bits per heavy atom. The van der Waals surface area contributed by atoms with Crippen LogP contribution in [0.25, 0.3) is 5.69 Å². The fourth-order valence-corrected chi connectivity index (χ4v) is 4.11. The van der Waals surface area contributed by atoms with E-state index < -0.39 is 0 Å². The third-order valence-corrected chi connectivity index (χ3v) is 5.88. The second kappa shape index (κ2) is 8.53. The van der Waals surface area contributed by atoms with E-state index in [0.717, 1.165) is 27.3 Å². The molecule has 0 aliphatic rings. The Labute approximate surface area is 171 Å². The Bertz CT molecular complexity index is 1040. The maximum atomic E-state index is 5.80. The molecule has 0 unspecified atom stereocenters. The van der Waals surface area contributed by atoms with Crippen molar-refractivity contribution in [3.05, 3.63) is 75.7 Å². The molecule has 0 N–H and O–H groups in total. The zero-order chi connectivity index (χ0) is 19.3. The molecule has 0 saturated carbocycles. The fraction of sp³-hybridized carbons (Fsp3) is 0.200. The van der Waals surface area contributed by atoms with Crippen molar-refractivity contribution in [3.8, 4) is 11.4 Å². The van der Waals surface area contributed by atoms with E-state index in [4.69, 9.17) is 4.74 Å². The molecule has 4 rings (SSSR count). The Kier molecular flexibility index (Phi) is 5.68. The van der Waals surface area contributed by atoms with E-state index in [1.165, 1.54) is 11.1 Å². The molecule has 142 valence electrons. The Hall–Kier alpha value is -2.71. The zero-order valence-corrected chi connectivity index (χ0v) is 17.2. The topological polar surface area (TPSA) is 65.7 Å². The molecule has 28 heavy (non-hydrogen) atoms. The van der Waals surface area contributed by atoms with Gasteiger partial charge in [0.25, 0.3) is 0 Å². The molecule has 0 atom stereocenters. The lowest BCUT2D eigenvalue weighted by Gasteiger charge is -2.04. The fourth-order valence-electron chi connectivity index (χ4n) is 2.52. The summed E-state index contributed by atoms with van der Waals surface area (Å²) >= 11 is 3.17. The van der Waals surface area contributed by atoms with Gasteiger partial charge in [-0.3, -0.25) is 0 Å². The van der Waals surface area contributed by atoms with Crippen molar-refractivity contribution in [3.63, 3.8) is 0 Å². The minimum Gasteiger partial charge on any atom is -0.486 e. The van der Waals surface area contributed by atoms with Crippen LogP contribution in [0.4, 0.5) is 0 Å². The molecule has 0 radical (unpaired) electrons. The van der Waals surface area contributed by atoms with E-state index in [1.807, 2.05) is 48.5 Å². The maximum absolute atomic E-state index is 5.80. The molecule has 0 saturated heterocycles. The molecule has 4 aromatic rings. The molecule has 0 aliphatic heterocycles. The molecule has 8 heteroatoms. The molecule has 0 aliphatic carbocycles. The monoisotopic (exact) mass is 409 g/mol. The van der Waals surface area contributed by atoms with Gasteiger partial charge in [-0.2, -0.15) is 4.68 Å². The number of tetrazole rings is 1. The number of thiazole rings is 1. The molecule has 2 aromatic carbocycles. The van der Waals surface area contributed by atoms with Gasteiger partial charge in [-0.25, -0.2) is 4.98 Å². The highest BCUT2D eigenvalue weighted by Gasteiger charge is 2.11. The lowest BCUT2D eigenvalue weighted by molar-refractivity contribution is 0.305. The van der Waals surface area contributed by atoms with E-state index in [-0.39, 0.29) is 0 Å². The highest BCUT2D eigenvalue weighted by molar-refractivity contribution is 7.98. The van der Waals surface area contributed by atoms with Crippen LogP contribution in [0.5, 0.6) is 5.75 Å². The lowest BCUT2D eigenvalue weighted by atomic mass is 10.2. The van der Waals surface area contributed by atoms with Crippen LogP contribution in [-0.4, -0.2) is 25.2 Å². The van der Waals surface area contributed by atoms with Crippen molar-refractivity contribution >= 4 is 23.1 Å². The first-order valence-corrected chi connectivity index (χ1v) is 10.6. The second-order valence-electron chi connectivity index (χ2n) is 6.33. The summed E-state index contributed by atoms with van der Waals surface area (Å²) in [5.41, 5.74) is 4.36. The van der Waals surface area contributed by atoms with Crippen molar-refractivity contribution in [2.45, 2.75) is 31.4 Å². The number of benzene rings is 2. The first-order chi connectivity index (χ1) is 13.7. The molecule has 0 amide bonds. The Morgan fingerprint density at radius 1 is 1.00 bits per heavy atom. The number of aromatic nitrogens is 5. The smallest absolute Gasteiger partial charge is 0.214 e. The lowest BCUT2D eigenvalue weighted by Crippen LogP contribution is -1.99. The molecule has 0 fully saturated rings. The average Bonchev–Trinajstić information content (AvgIpc) is 3.36. The SMILES string of the molecule is Cc1ccc(OCc2nc(CSc3nnnn3-c3ccc(C)cc3)cs2)cc1. The van der Waals surface area contributed by atoms with Gasteiger partial charge in [0.15, 0.2) is 0 Å². The molecule has 0 bridgehead atoms. The van der Waals surface area contributed by atoms with Crippen molar-refractivity contribution < 1.29 is 4.74 Å². The number of aryl methyl sites for hydroxylation is 2. The summed E-state index contributed by atoms with van der Waals surface area (Å²) < 4.78 is 7.55. The molecule has 6 nitrogen and oxygen atoms in total. The summed E-state index contributed by atoms with van der Waals surface area (Å²) in [6.07, 6.45) is 0. The van der Waals surface area contributed by atoms with E-state index in [0.29, 0.717) is 12.4 Å². The summed E-state index contributed by atoms with van der Waals surface area (Å²) in [4.78, 5) is 4.65. The second-order valence-corrected chi connectivity index (χ2v) is 8.22. The van der Waals surface area contributed by atoms with Gasteiger partial charge in [0.1, 0.15) is 17.4 Å². The minimum atomic E-state index is 0.472. The normalized spacial score (nSPS) is 10.9. The van der Waals surface area contributed by atoms with Crippen molar-refractivity contribution in [1.29, 1.82) is 0 Å². The summed E-state index contributed by atoms with van der Waals surface area (Å²) in [5.74, 6) is 1.56. The van der Waals surface area contributed by atoms with Crippen LogP contribution < -0.4 is 4.74 Å². The number of ether oxygens (including phenoxy) is 1. The van der Waals surface area contributed by atoms with Crippen LogP contribution in [0.2, 0.25) is 0 Å². The standard InChI is InChI=1S/C20H19N5OS2/c1-14-3-7-17(8-4-14)25-20(22-23-24-25)28-13-16-12-27-19(21-16)11-26-18-9-5-15(2)6-10-18/h3-10,12H,11,13H2,1-2H3. The van der Waals surface area contributed by atoms with Crippen LogP contribution in [0.15, 0.2) is 59.1 Å². The Balaban J connectivity index is 1.35. The quantitative estimate of drug-likeness (QED) is 0.415. The van der Waals surface area contributed by atoms with E-state index in [9.17, 15) is 0 Å². The summed E-state index contributed by atoms with van der Waals surface area (Å²) in [7, 11) is 0. The maximum Gasteiger partial charge on any atom is 0.214 e. The minimum absolute atomic E-state index is 0.472. The summed E-state index contributed by atoms with van der Waals surface area (Å²) in [5, 5.41) is 15.8. The Morgan fingerprint density at radius 3 is 2.46 bits per heavy atom. The van der Waals surface area contributed by atoms with Gasteiger partial charge in [-0.1, -0.05) is 47.2 Å². The largest absolute Gasteiger partial charge is 0.486 e. The highest BCUT2D eigenvalue weighted by Crippen LogP contribution is 2.24. The predicted molar refractivity (Wildman–Crippen MR) is 111 cm³/mol. The van der Waals surface area contributed by atoms with E-state index in [2.05, 4.69) is 39.7 Å². The van der Waals surface area contributed by atoms with Crippen LogP contribution in [0, 0.1) is 13.8 Å².